The van der Waals surface area contributed by atoms with Gasteiger partial charge in [0.25, 0.3) is 5.91 Å². The van der Waals surface area contributed by atoms with E-state index in [0.717, 1.165) is 22.6 Å². The molecule has 2 heterocycles. The van der Waals surface area contributed by atoms with Gasteiger partial charge in [0.2, 0.25) is 0 Å². The fraction of sp³-hybridized carbons (Fsp3) is 0.278. The van der Waals surface area contributed by atoms with E-state index in [1.165, 1.54) is 0 Å². The highest BCUT2D eigenvalue weighted by molar-refractivity contribution is 9.10. The molecule has 26 heavy (non-hydrogen) atoms. The van der Waals surface area contributed by atoms with Crippen molar-refractivity contribution in [1.82, 2.24) is 19.6 Å². The maximum Gasteiger partial charge on any atom is 0.275 e. The Hall–Kier alpha value is -2.12. The fourth-order valence-corrected chi connectivity index (χ4v) is 3.40. The van der Waals surface area contributed by atoms with Gasteiger partial charge in [0.1, 0.15) is 5.69 Å². The summed E-state index contributed by atoms with van der Waals surface area (Å²) in [7, 11) is 0. The number of hydrogen-bond acceptors (Lipinski definition) is 3. The lowest BCUT2D eigenvalue weighted by Gasteiger charge is -2.09. The van der Waals surface area contributed by atoms with Gasteiger partial charge in [-0.25, -0.2) is 0 Å². The second-order valence-electron chi connectivity index (χ2n) is 5.94. The molecule has 0 spiro atoms. The predicted octanol–water partition coefficient (Wildman–Crippen LogP) is 4.43. The number of hydrogen-bond donors (Lipinski definition) is 1. The Kier molecular flexibility index (Phi) is 5.48. The molecule has 0 aliphatic heterocycles. The predicted molar refractivity (Wildman–Crippen MR) is 106 cm³/mol. The summed E-state index contributed by atoms with van der Waals surface area (Å²) in [6.07, 6.45) is 1.63. The number of carbonyl (C=O) groups excluding carboxylic acids is 1. The molecule has 0 saturated heterocycles. The van der Waals surface area contributed by atoms with Gasteiger partial charge in [-0.1, -0.05) is 23.7 Å². The smallest absolute Gasteiger partial charge is 0.275 e. The molecule has 1 aromatic carbocycles. The van der Waals surface area contributed by atoms with Crippen molar-refractivity contribution in [3.8, 4) is 0 Å². The zero-order chi connectivity index (χ0) is 18.8. The molecule has 6 nitrogen and oxygen atoms in total. The molecule has 3 rings (SSSR count). The van der Waals surface area contributed by atoms with Crippen LogP contribution in [0.15, 0.2) is 34.9 Å². The van der Waals surface area contributed by atoms with E-state index >= 15 is 0 Å². The van der Waals surface area contributed by atoms with Gasteiger partial charge in [-0.3, -0.25) is 14.2 Å². The van der Waals surface area contributed by atoms with Crippen LogP contribution in [-0.2, 0) is 13.1 Å². The number of halogens is 2. The van der Waals surface area contributed by atoms with E-state index < -0.39 is 0 Å². The standard InChI is InChI=1S/C18H19BrClN5O/c1-4-24-17(15(19)9-21-24)18(26)22-16-11(2)23-25(12(16)3)10-13-5-7-14(20)8-6-13/h5-9H,4,10H2,1-3H3,(H,22,26). The molecule has 2 aromatic heterocycles. The van der Waals surface area contributed by atoms with Gasteiger partial charge in [0, 0.05) is 11.6 Å². The topological polar surface area (TPSA) is 64.7 Å². The largest absolute Gasteiger partial charge is 0.317 e. The molecule has 0 radical (unpaired) electrons. The number of aromatic nitrogens is 4. The minimum absolute atomic E-state index is 0.214. The monoisotopic (exact) mass is 435 g/mol. The zero-order valence-corrected chi connectivity index (χ0v) is 17.1. The molecule has 3 aromatic rings. The fourth-order valence-electron chi connectivity index (χ4n) is 2.80. The molecular formula is C18H19BrClN5O. The Morgan fingerprint density at radius 2 is 1.92 bits per heavy atom. The summed E-state index contributed by atoms with van der Waals surface area (Å²) in [5.74, 6) is -0.214. The summed E-state index contributed by atoms with van der Waals surface area (Å²) in [5.41, 5.74) is 3.97. The summed E-state index contributed by atoms with van der Waals surface area (Å²) in [5, 5.41) is 12.4. The van der Waals surface area contributed by atoms with Crippen LogP contribution in [0.4, 0.5) is 5.69 Å². The number of aryl methyl sites for hydroxylation is 2. The third-order valence-corrected chi connectivity index (χ3v) is 5.01. The highest BCUT2D eigenvalue weighted by atomic mass is 79.9. The number of amides is 1. The second-order valence-corrected chi connectivity index (χ2v) is 7.23. The molecule has 0 aliphatic rings. The molecule has 0 aliphatic carbocycles. The summed E-state index contributed by atoms with van der Waals surface area (Å²) >= 11 is 9.33. The normalized spacial score (nSPS) is 11.0. The van der Waals surface area contributed by atoms with Crippen LogP contribution in [0.1, 0.15) is 34.4 Å². The zero-order valence-electron chi connectivity index (χ0n) is 14.8. The number of anilines is 1. The summed E-state index contributed by atoms with van der Waals surface area (Å²) < 4.78 is 4.20. The van der Waals surface area contributed by atoms with Crippen molar-refractivity contribution in [3.63, 3.8) is 0 Å². The molecule has 0 unspecified atom stereocenters. The molecule has 1 amide bonds. The van der Waals surface area contributed by atoms with Crippen molar-refractivity contribution in [2.75, 3.05) is 5.32 Å². The van der Waals surface area contributed by atoms with E-state index in [4.69, 9.17) is 11.6 Å². The molecule has 0 atom stereocenters. The number of nitrogens with one attached hydrogen (secondary N) is 1. The van der Waals surface area contributed by atoms with Gasteiger partial charge in [-0.2, -0.15) is 10.2 Å². The Morgan fingerprint density at radius 3 is 2.58 bits per heavy atom. The first-order valence-corrected chi connectivity index (χ1v) is 9.39. The third-order valence-electron chi connectivity index (χ3n) is 4.18. The first kappa shape index (κ1) is 18.7. The minimum atomic E-state index is -0.214. The highest BCUT2D eigenvalue weighted by Gasteiger charge is 2.20. The van der Waals surface area contributed by atoms with Gasteiger partial charge < -0.3 is 5.32 Å². The highest BCUT2D eigenvalue weighted by Crippen LogP contribution is 2.23. The van der Waals surface area contributed by atoms with Crippen LogP contribution in [0, 0.1) is 13.8 Å². The molecule has 1 N–H and O–H groups in total. The van der Waals surface area contributed by atoms with E-state index in [1.807, 2.05) is 49.7 Å². The summed E-state index contributed by atoms with van der Waals surface area (Å²) in [6.45, 7) is 6.99. The van der Waals surface area contributed by atoms with Crippen molar-refractivity contribution in [1.29, 1.82) is 0 Å². The van der Waals surface area contributed by atoms with E-state index in [-0.39, 0.29) is 5.91 Å². The number of benzene rings is 1. The van der Waals surface area contributed by atoms with Crippen molar-refractivity contribution < 1.29 is 4.79 Å². The lowest BCUT2D eigenvalue weighted by atomic mass is 10.2. The Morgan fingerprint density at radius 1 is 1.23 bits per heavy atom. The SMILES string of the molecule is CCn1ncc(Br)c1C(=O)Nc1c(C)nn(Cc2ccc(Cl)cc2)c1C. The summed E-state index contributed by atoms with van der Waals surface area (Å²) in [4.78, 5) is 12.7. The van der Waals surface area contributed by atoms with Crippen molar-refractivity contribution >= 4 is 39.1 Å². The molecule has 0 saturated carbocycles. The quantitative estimate of drug-likeness (QED) is 0.643. The van der Waals surface area contributed by atoms with E-state index in [2.05, 4.69) is 31.4 Å². The van der Waals surface area contributed by atoms with Crippen molar-refractivity contribution in [2.24, 2.45) is 0 Å². The third kappa shape index (κ3) is 3.68. The Balaban J connectivity index is 1.85. The number of rotatable bonds is 5. The number of carbonyl (C=O) groups is 1. The molecule has 8 heteroatoms. The molecule has 0 fully saturated rings. The van der Waals surface area contributed by atoms with Crippen LogP contribution in [0.3, 0.4) is 0 Å². The first-order valence-electron chi connectivity index (χ1n) is 8.21. The minimum Gasteiger partial charge on any atom is -0.317 e. The maximum atomic E-state index is 12.7. The molecule has 136 valence electrons. The first-order chi connectivity index (χ1) is 12.4. The van der Waals surface area contributed by atoms with Crippen LogP contribution in [-0.4, -0.2) is 25.5 Å². The van der Waals surface area contributed by atoms with Gasteiger partial charge in [0.05, 0.1) is 34.3 Å². The lowest BCUT2D eigenvalue weighted by Crippen LogP contribution is -2.18. The van der Waals surface area contributed by atoms with Crippen molar-refractivity contribution in [3.05, 3.63) is 62.6 Å². The van der Waals surface area contributed by atoms with Gasteiger partial charge >= 0.3 is 0 Å². The van der Waals surface area contributed by atoms with Gasteiger partial charge in [-0.05, 0) is 54.4 Å². The Bertz CT molecular complexity index is 945. The Labute approximate surface area is 165 Å². The molecule has 0 bridgehead atoms. The van der Waals surface area contributed by atoms with Crippen LogP contribution >= 0.6 is 27.5 Å². The van der Waals surface area contributed by atoms with E-state index in [0.29, 0.717) is 28.3 Å². The summed E-state index contributed by atoms with van der Waals surface area (Å²) in [6, 6.07) is 7.64. The number of nitrogens with zero attached hydrogens (tertiary/aromatic N) is 4. The van der Waals surface area contributed by atoms with Crippen molar-refractivity contribution in [2.45, 2.75) is 33.9 Å². The molecular weight excluding hydrogens is 418 g/mol. The van der Waals surface area contributed by atoms with Crippen LogP contribution in [0.25, 0.3) is 0 Å². The van der Waals surface area contributed by atoms with Gasteiger partial charge in [-0.15, -0.1) is 0 Å². The maximum absolute atomic E-state index is 12.7. The average Bonchev–Trinajstić information content (AvgIpc) is 3.11. The lowest BCUT2D eigenvalue weighted by molar-refractivity contribution is 0.101. The van der Waals surface area contributed by atoms with Crippen LogP contribution in [0.2, 0.25) is 5.02 Å². The van der Waals surface area contributed by atoms with Crippen LogP contribution < -0.4 is 5.32 Å². The average molecular weight is 437 g/mol. The van der Waals surface area contributed by atoms with Gasteiger partial charge in [0.15, 0.2) is 0 Å². The van der Waals surface area contributed by atoms with E-state index in [1.54, 1.807) is 10.9 Å². The second kappa shape index (κ2) is 7.63. The van der Waals surface area contributed by atoms with E-state index in [9.17, 15) is 4.79 Å². The van der Waals surface area contributed by atoms with Crippen LogP contribution in [0.5, 0.6) is 0 Å².